The van der Waals surface area contributed by atoms with E-state index in [0.717, 1.165) is 0 Å². The molecule has 9 heteroatoms. The third-order valence-electron chi connectivity index (χ3n) is 3.40. The molecule has 0 aliphatic heterocycles. The van der Waals surface area contributed by atoms with Crippen LogP contribution >= 0.6 is 0 Å². The Morgan fingerprint density at radius 3 is 2.62 bits per heavy atom. The quantitative estimate of drug-likeness (QED) is 0.432. The SMILES string of the molecule is C#CCNS(=O)(=O)c1cccc(C(=O)NCc2ccccc2[N+](=O)[O-])c1. The maximum atomic E-state index is 12.3. The largest absolute Gasteiger partial charge is 0.348 e. The Balaban J connectivity index is 2.15. The molecule has 0 bridgehead atoms. The van der Waals surface area contributed by atoms with Crippen molar-refractivity contribution >= 4 is 21.6 Å². The number of carbonyl (C=O) groups excluding carboxylic acids is 1. The molecule has 2 rings (SSSR count). The Kier molecular flexibility index (Phi) is 6.06. The van der Waals surface area contributed by atoms with E-state index in [1.807, 2.05) is 0 Å². The van der Waals surface area contributed by atoms with Gasteiger partial charge in [-0.05, 0) is 18.2 Å². The molecule has 2 aromatic rings. The Labute approximate surface area is 150 Å². The lowest BCUT2D eigenvalue weighted by atomic mass is 10.1. The topological polar surface area (TPSA) is 118 Å². The summed E-state index contributed by atoms with van der Waals surface area (Å²) in [5.41, 5.74) is 0.333. The van der Waals surface area contributed by atoms with Crippen molar-refractivity contribution in [2.45, 2.75) is 11.4 Å². The van der Waals surface area contributed by atoms with Crippen LogP contribution in [0.2, 0.25) is 0 Å². The molecule has 8 nitrogen and oxygen atoms in total. The predicted molar refractivity (Wildman–Crippen MR) is 94.7 cm³/mol. The fourth-order valence-corrected chi connectivity index (χ4v) is 3.12. The lowest BCUT2D eigenvalue weighted by Crippen LogP contribution is -2.26. The molecule has 0 saturated heterocycles. The second kappa shape index (κ2) is 8.24. The van der Waals surface area contributed by atoms with Gasteiger partial charge in [0, 0.05) is 23.7 Å². The van der Waals surface area contributed by atoms with Crippen LogP contribution in [-0.4, -0.2) is 25.8 Å². The van der Waals surface area contributed by atoms with Crippen LogP contribution < -0.4 is 10.0 Å². The number of nitrogens with zero attached hydrogens (tertiary/aromatic N) is 1. The van der Waals surface area contributed by atoms with E-state index in [1.165, 1.54) is 42.5 Å². The number of hydrogen-bond donors (Lipinski definition) is 2. The van der Waals surface area contributed by atoms with Gasteiger partial charge in [-0.15, -0.1) is 6.42 Å². The summed E-state index contributed by atoms with van der Waals surface area (Å²) in [6, 6.07) is 11.4. The molecule has 134 valence electrons. The van der Waals surface area contributed by atoms with Crippen molar-refractivity contribution in [1.29, 1.82) is 0 Å². The van der Waals surface area contributed by atoms with Crippen molar-refractivity contribution in [3.63, 3.8) is 0 Å². The van der Waals surface area contributed by atoms with E-state index in [-0.39, 0.29) is 29.2 Å². The monoisotopic (exact) mass is 373 g/mol. The fourth-order valence-electron chi connectivity index (χ4n) is 2.14. The summed E-state index contributed by atoms with van der Waals surface area (Å²) < 4.78 is 26.3. The van der Waals surface area contributed by atoms with Crippen LogP contribution in [-0.2, 0) is 16.6 Å². The van der Waals surface area contributed by atoms with Gasteiger partial charge in [0.05, 0.1) is 16.4 Å². The third kappa shape index (κ3) is 4.66. The predicted octanol–water partition coefficient (Wildman–Crippen LogP) is 1.44. The smallest absolute Gasteiger partial charge is 0.274 e. The summed E-state index contributed by atoms with van der Waals surface area (Å²) in [5, 5.41) is 13.5. The molecule has 26 heavy (non-hydrogen) atoms. The van der Waals surface area contributed by atoms with Gasteiger partial charge in [-0.2, -0.15) is 4.72 Å². The average Bonchev–Trinajstić information content (AvgIpc) is 2.64. The van der Waals surface area contributed by atoms with Gasteiger partial charge in [0.25, 0.3) is 11.6 Å². The van der Waals surface area contributed by atoms with Gasteiger partial charge < -0.3 is 5.32 Å². The van der Waals surface area contributed by atoms with Crippen molar-refractivity contribution < 1.29 is 18.1 Å². The number of hydrogen-bond acceptors (Lipinski definition) is 5. The number of nitrogens with one attached hydrogen (secondary N) is 2. The summed E-state index contributed by atoms with van der Waals surface area (Å²) in [4.78, 5) is 22.6. The first-order chi connectivity index (χ1) is 12.3. The molecular formula is C17H15N3O5S. The highest BCUT2D eigenvalue weighted by Gasteiger charge is 2.17. The summed E-state index contributed by atoms with van der Waals surface area (Å²) in [7, 11) is -3.83. The maximum absolute atomic E-state index is 12.3. The van der Waals surface area contributed by atoms with Crippen LogP contribution in [0.25, 0.3) is 0 Å². The molecular weight excluding hydrogens is 358 g/mol. The molecule has 0 fully saturated rings. The number of benzene rings is 2. The van der Waals surface area contributed by atoms with Gasteiger partial charge in [0.1, 0.15) is 0 Å². The summed E-state index contributed by atoms with van der Waals surface area (Å²) in [5.74, 6) is 1.60. The van der Waals surface area contributed by atoms with Gasteiger partial charge in [-0.3, -0.25) is 14.9 Å². The number of carbonyl (C=O) groups is 1. The zero-order valence-electron chi connectivity index (χ0n) is 13.5. The Morgan fingerprint density at radius 2 is 1.92 bits per heavy atom. The zero-order chi connectivity index (χ0) is 19.2. The van der Waals surface area contributed by atoms with E-state index in [1.54, 1.807) is 6.07 Å². The summed E-state index contributed by atoms with van der Waals surface area (Å²) in [6.45, 7) is -0.237. The van der Waals surface area contributed by atoms with Crippen molar-refractivity contribution in [2.24, 2.45) is 0 Å². The third-order valence-corrected chi connectivity index (χ3v) is 4.80. The van der Waals surface area contributed by atoms with Crippen LogP contribution in [0.5, 0.6) is 0 Å². The van der Waals surface area contributed by atoms with Crippen molar-refractivity contribution in [3.05, 3.63) is 69.8 Å². The first-order valence-electron chi connectivity index (χ1n) is 7.39. The van der Waals surface area contributed by atoms with Crippen molar-refractivity contribution in [3.8, 4) is 12.3 Å². The van der Waals surface area contributed by atoms with Crippen molar-refractivity contribution in [1.82, 2.24) is 10.0 Å². The molecule has 0 aliphatic rings. The van der Waals surface area contributed by atoms with E-state index in [9.17, 15) is 23.3 Å². The standard InChI is InChI=1S/C17H15N3O5S/c1-2-10-19-26(24,25)15-8-5-7-13(11-15)17(21)18-12-14-6-3-4-9-16(14)20(22)23/h1,3-9,11,19H,10,12H2,(H,18,21). The van der Waals surface area contributed by atoms with Gasteiger partial charge in [0.15, 0.2) is 0 Å². The van der Waals surface area contributed by atoms with Crippen LogP contribution in [0.4, 0.5) is 5.69 Å². The second-order valence-corrected chi connectivity index (χ2v) is 6.89. The highest BCUT2D eigenvalue weighted by Crippen LogP contribution is 2.17. The van der Waals surface area contributed by atoms with E-state index in [0.29, 0.717) is 5.56 Å². The molecule has 1 amide bonds. The highest BCUT2D eigenvalue weighted by atomic mass is 32.2. The minimum absolute atomic E-state index is 0.0672. The summed E-state index contributed by atoms with van der Waals surface area (Å²) >= 11 is 0. The zero-order valence-corrected chi connectivity index (χ0v) is 14.3. The van der Waals surface area contributed by atoms with Gasteiger partial charge in [-0.25, -0.2) is 8.42 Å². The first kappa shape index (κ1) is 19.1. The second-order valence-electron chi connectivity index (χ2n) is 5.13. The first-order valence-corrected chi connectivity index (χ1v) is 8.87. The van der Waals surface area contributed by atoms with Gasteiger partial charge in [0.2, 0.25) is 10.0 Å². The minimum atomic E-state index is -3.83. The number of nitro benzene ring substituents is 1. The Hall–Kier alpha value is -3.22. The van der Waals surface area contributed by atoms with E-state index in [2.05, 4.69) is 16.0 Å². The van der Waals surface area contributed by atoms with E-state index < -0.39 is 20.9 Å². The lowest BCUT2D eigenvalue weighted by molar-refractivity contribution is -0.385. The molecule has 0 saturated carbocycles. The molecule has 0 aromatic heterocycles. The minimum Gasteiger partial charge on any atom is -0.348 e. The number of nitro groups is 1. The number of sulfonamides is 1. The molecule has 0 unspecified atom stereocenters. The lowest BCUT2D eigenvalue weighted by Gasteiger charge is -2.08. The molecule has 0 aliphatic carbocycles. The Morgan fingerprint density at radius 1 is 1.19 bits per heavy atom. The maximum Gasteiger partial charge on any atom is 0.274 e. The van der Waals surface area contributed by atoms with E-state index in [4.69, 9.17) is 6.42 Å². The van der Waals surface area contributed by atoms with Crippen LogP contribution in [0.1, 0.15) is 15.9 Å². The number of rotatable bonds is 7. The Bertz CT molecular complexity index is 980. The van der Waals surface area contributed by atoms with Crippen LogP contribution in [0.15, 0.2) is 53.4 Å². The molecule has 2 aromatic carbocycles. The normalized spacial score (nSPS) is 10.7. The number of amides is 1. The van der Waals surface area contributed by atoms with Crippen LogP contribution in [0.3, 0.4) is 0 Å². The number of para-hydroxylation sites is 1. The van der Waals surface area contributed by atoms with E-state index >= 15 is 0 Å². The number of terminal acetylenes is 1. The molecule has 2 N–H and O–H groups in total. The molecule has 0 atom stereocenters. The van der Waals surface area contributed by atoms with Gasteiger partial charge >= 0.3 is 0 Å². The molecule has 0 radical (unpaired) electrons. The average molecular weight is 373 g/mol. The molecule has 0 spiro atoms. The summed E-state index contributed by atoms with van der Waals surface area (Å²) in [6.07, 6.45) is 5.03. The molecule has 0 heterocycles. The van der Waals surface area contributed by atoms with Crippen LogP contribution in [0, 0.1) is 22.5 Å². The van der Waals surface area contributed by atoms with Crippen molar-refractivity contribution in [2.75, 3.05) is 6.54 Å². The van der Waals surface area contributed by atoms with Gasteiger partial charge in [-0.1, -0.05) is 30.2 Å². The fraction of sp³-hybridized carbons (Fsp3) is 0.118. The highest BCUT2D eigenvalue weighted by molar-refractivity contribution is 7.89.